The molecule has 0 unspecified atom stereocenters. The van der Waals surface area contributed by atoms with E-state index >= 15 is 0 Å². The summed E-state index contributed by atoms with van der Waals surface area (Å²) in [6, 6.07) is 6.97. The van der Waals surface area contributed by atoms with Crippen molar-refractivity contribution >= 4 is 28.3 Å². The molecule has 0 spiro atoms. The highest BCUT2D eigenvalue weighted by atomic mass is 35.5. The minimum atomic E-state index is -2.57. The number of carbonyl (C=O) groups is 1. The molecule has 2 rings (SSSR count). The van der Waals surface area contributed by atoms with E-state index in [0.717, 1.165) is 4.90 Å². The quantitative estimate of drug-likeness (QED) is 0.811. The molecule has 1 aromatic carbocycles. The van der Waals surface area contributed by atoms with Crippen molar-refractivity contribution in [2.75, 3.05) is 13.6 Å². The van der Waals surface area contributed by atoms with Crippen molar-refractivity contribution in [1.82, 2.24) is 9.88 Å². The third kappa shape index (κ3) is 2.81. The third-order valence-electron chi connectivity index (χ3n) is 2.74. The van der Waals surface area contributed by atoms with Crippen molar-refractivity contribution in [1.29, 1.82) is 0 Å². The summed E-state index contributed by atoms with van der Waals surface area (Å²) in [6.45, 7) is -0.615. The number of alkyl halides is 2. The largest absolute Gasteiger partial charge is 0.336 e. The summed E-state index contributed by atoms with van der Waals surface area (Å²) in [5.41, 5.74) is 0.267. The van der Waals surface area contributed by atoms with E-state index in [0.29, 0.717) is 10.8 Å². The normalized spacial score (nSPS) is 11.0. The zero-order chi connectivity index (χ0) is 14.0. The summed E-state index contributed by atoms with van der Waals surface area (Å²) in [4.78, 5) is 17.0. The molecule has 1 heterocycles. The number of benzene rings is 1. The van der Waals surface area contributed by atoms with Crippen LogP contribution in [0.3, 0.4) is 0 Å². The van der Waals surface area contributed by atoms with Crippen molar-refractivity contribution in [2.24, 2.45) is 0 Å². The van der Waals surface area contributed by atoms with Crippen LogP contribution < -0.4 is 0 Å². The van der Waals surface area contributed by atoms with Gasteiger partial charge in [-0.15, -0.1) is 0 Å². The molecule has 3 nitrogen and oxygen atoms in total. The Morgan fingerprint density at radius 3 is 2.63 bits per heavy atom. The average Bonchev–Trinajstić information content (AvgIpc) is 2.38. The molecular weight excluding hydrogens is 274 g/mol. The van der Waals surface area contributed by atoms with Crippen LogP contribution in [0.5, 0.6) is 0 Å². The number of nitrogens with zero attached hydrogens (tertiary/aromatic N) is 2. The number of halogens is 3. The number of hydrogen-bond acceptors (Lipinski definition) is 2. The Hall–Kier alpha value is -1.75. The molecule has 0 fully saturated rings. The SMILES string of the molecule is CN(CC(F)F)C(=O)c1cnc(Cl)c2ccccc12. The van der Waals surface area contributed by atoms with Crippen molar-refractivity contribution in [3.05, 3.63) is 41.2 Å². The van der Waals surface area contributed by atoms with Crippen LogP contribution in [-0.2, 0) is 0 Å². The van der Waals surface area contributed by atoms with Crippen LogP contribution in [0, 0.1) is 0 Å². The monoisotopic (exact) mass is 284 g/mol. The van der Waals surface area contributed by atoms with Crippen LogP contribution in [0.2, 0.25) is 5.15 Å². The van der Waals surface area contributed by atoms with Gasteiger partial charge in [-0.2, -0.15) is 0 Å². The van der Waals surface area contributed by atoms with E-state index in [1.807, 2.05) is 0 Å². The first kappa shape index (κ1) is 13.7. The number of hydrogen-bond donors (Lipinski definition) is 0. The number of carbonyl (C=O) groups excluding carboxylic acids is 1. The molecule has 0 radical (unpaired) electrons. The fraction of sp³-hybridized carbons (Fsp3) is 0.231. The molecule has 100 valence electrons. The summed E-state index contributed by atoms with van der Waals surface area (Å²) >= 11 is 5.94. The second-order valence-corrected chi connectivity index (χ2v) is 4.44. The Bertz CT molecular complexity index is 619. The summed E-state index contributed by atoms with van der Waals surface area (Å²) < 4.78 is 24.6. The highest BCUT2D eigenvalue weighted by molar-refractivity contribution is 6.34. The molecule has 0 atom stereocenters. The van der Waals surface area contributed by atoms with Crippen LogP contribution in [-0.4, -0.2) is 35.8 Å². The van der Waals surface area contributed by atoms with Gasteiger partial charge < -0.3 is 4.90 Å². The molecular formula is C13H11ClF2N2O. The molecule has 2 aromatic rings. The Kier molecular flexibility index (Phi) is 3.95. The van der Waals surface area contributed by atoms with Crippen molar-refractivity contribution < 1.29 is 13.6 Å². The van der Waals surface area contributed by atoms with E-state index in [2.05, 4.69) is 4.98 Å². The first-order valence-corrected chi connectivity index (χ1v) is 5.95. The Balaban J connectivity index is 2.46. The molecule has 0 aliphatic rings. The van der Waals surface area contributed by atoms with Crippen molar-refractivity contribution in [3.8, 4) is 0 Å². The minimum Gasteiger partial charge on any atom is -0.336 e. The van der Waals surface area contributed by atoms with E-state index in [1.54, 1.807) is 24.3 Å². The second-order valence-electron chi connectivity index (χ2n) is 4.09. The van der Waals surface area contributed by atoms with Gasteiger partial charge in [-0.05, 0) is 5.39 Å². The lowest BCUT2D eigenvalue weighted by atomic mass is 10.1. The molecule has 19 heavy (non-hydrogen) atoms. The van der Waals surface area contributed by atoms with Gasteiger partial charge in [0.1, 0.15) is 5.15 Å². The van der Waals surface area contributed by atoms with Gasteiger partial charge in [-0.3, -0.25) is 4.79 Å². The summed E-state index contributed by atoms with van der Waals surface area (Å²) in [5, 5.41) is 1.51. The predicted molar refractivity (Wildman–Crippen MR) is 69.7 cm³/mol. The minimum absolute atomic E-state index is 0.267. The zero-order valence-electron chi connectivity index (χ0n) is 10.1. The number of rotatable bonds is 3. The molecule has 1 aromatic heterocycles. The zero-order valence-corrected chi connectivity index (χ0v) is 10.9. The van der Waals surface area contributed by atoms with E-state index in [-0.39, 0.29) is 10.7 Å². The van der Waals surface area contributed by atoms with E-state index in [9.17, 15) is 13.6 Å². The molecule has 0 aliphatic carbocycles. The van der Waals surface area contributed by atoms with Gasteiger partial charge in [0, 0.05) is 18.6 Å². The number of aromatic nitrogens is 1. The average molecular weight is 285 g/mol. The second kappa shape index (κ2) is 5.48. The fourth-order valence-electron chi connectivity index (χ4n) is 1.82. The topological polar surface area (TPSA) is 33.2 Å². The van der Waals surface area contributed by atoms with Gasteiger partial charge in [0.2, 0.25) is 0 Å². The van der Waals surface area contributed by atoms with Gasteiger partial charge in [0.25, 0.3) is 12.3 Å². The molecule has 0 N–H and O–H groups in total. The van der Waals surface area contributed by atoms with Gasteiger partial charge in [0.05, 0.1) is 12.1 Å². The van der Waals surface area contributed by atoms with Crippen LogP contribution in [0.15, 0.2) is 30.5 Å². The van der Waals surface area contributed by atoms with Gasteiger partial charge >= 0.3 is 0 Å². The highest BCUT2D eigenvalue weighted by Crippen LogP contribution is 2.24. The standard InChI is InChI=1S/C13H11ClF2N2O/c1-18(7-11(15)16)13(19)10-6-17-12(14)9-5-3-2-4-8(9)10/h2-6,11H,7H2,1H3. The highest BCUT2D eigenvalue weighted by Gasteiger charge is 2.19. The lowest BCUT2D eigenvalue weighted by molar-refractivity contribution is 0.0621. The lowest BCUT2D eigenvalue weighted by Gasteiger charge is -2.17. The van der Waals surface area contributed by atoms with Crippen molar-refractivity contribution in [2.45, 2.75) is 6.43 Å². The first-order valence-electron chi connectivity index (χ1n) is 5.57. The predicted octanol–water partition coefficient (Wildman–Crippen LogP) is 3.23. The summed E-state index contributed by atoms with van der Waals surface area (Å²) in [7, 11) is 1.33. The molecule has 0 saturated heterocycles. The van der Waals surface area contributed by atoms with Crippen LogP contribution >= 0.6 is 11.6 Å². The van der Waals surface area contributed by atoms with E-state index in [4.69, 9.17) is 11.6 Å². The fourth-order valence-corrected chi connectivity index (χ4v) is 2.04. The van der Waals surface area contributed by atoms with Crippen LogP contribution in [0.1, 0.15) is 10.4 Å². The van der Waals surface area contributed by atoms with Gasteiger partial charge in [-0.25, -0.2) is 13.8 Å². The Morgan fingerprint density at radius 1 is 1.37 bits per heavy atom. The number of amides is 1. The van der Waals surface area contributed by atoms with Crippen molar-refractivity contribution in [3.63, 3.8) is 0 Å². The lowest BCUT2D eigenvalue weighted by Crippen LogP contribution is -2.31. The smallest absolute Gasteiger partial charge is 0.255 e. The third-order valence-corrected chi connectivity index (χ3v) is 3.04. The maximum atomic E-state index is 12.3. The van der Waals surface area contributed by atoms with Crippen LogP contribution in [0.25, 0.3) is 10.8 Å². The molecule has 0 aliphatic heterocycles. The Morgan fingerprint density at radius 2 is 2.00 bits per heavy atom. The van der Waals surface area contributed by atoms with E-state index in [1.165, 1.54) is 13.2 Å². The Labute approximate surface area is 113 Å². The number of fused-ring (bicyclic) bond motifs is 1. The molecule has 0 bridgehead atoms. The maximum absolute atomic E-state index is 12.3. The number of pyridine rings is 1. The maximum Gasteiger partial charge on any atom is 0.255 e. The van der Waals surface area contributed by atoms with Gasteiger partial charge in [-0.1, -0.05) is 35.9 Å². The first-order chi connectivity index (χ1) is 9.00. The molecule has 0 saturated carbocycles. The summed E-state index contributed by atoms with van der Waals surface area (Å²) in [5.74, 6) is -0.499. The van der Waals surface area contributed by atoms with Crippen LogP contribution in [0.4, 0.5) is 8.78 Å². The summed E-state index contributed by atoms with van der Waals surface area (Å²) in [6.07, 6.45) is -1.25. The molecule has 1 amide bonds. The molecule has 6 heteroatoms. The van der Waals surface area contributed by atoms with Gasteiger partial charge in [0.15, 0.2) is 0 Å². The van der Waals surface area contributed by atoms with E-state index < -0.39 is 18.9 Å².